The first-order valence-electron chi connectivity index (χ1n) is 13.4. The molecule has 1 rings (SSSR count). The third kappa shape index (κ3) is 13.2. The van der Waals surface area contributed by atoms with Crippen molar-refractivity contribution < 1.29 is 19.4 Å². The Morgan fingerprint density at radius 1 is 0.774 bits per heavy atom. The number of rotatable bonds is 18. The fourth-order valence-electron chi connectivity index (χ4n) is 4.84. The minimum Gasteiger partial charge on any atom is -0.481 e. The van der Waals surface area contributed by atoms with Crippen LogP contribution in [-0.2, 0) is 14.3 Å². The molecule has 3 unspecified atom stereocenters. The van der Waals surface area contributed by atoms with Gasteiger partial charge in [0.2, 0.25) is 0 Å². The van der Waals surface area contributed by atoms with Gasteiger partial charge in [-0.15, -0.1) is 0 Å². The summed E-state index contributed by atoms with van der Waals surface area (Å²) in [5.74, 6) is -1.45. The molecule has 0 radical (unpaired) electrons. The Labute approximate surface area is 191 Å². The molecule has 0 amide bonds. The van der Waals surface area contributed by atoms with Crippen LogP contribution in [0.3, 0.4) is 0 Å². The Bertz CT molecular complexity index is 474. The number of ether oxygens (including phenoxy) is 1. The van der Waals surface area contributed by atoms with Gasteiger partial charge in [-0.25, -0.2) is 0 Å². The van der Waals surface area contributed by atoms with Gasteiger partial charge in [0.05, 0.1) is 11.8 Å². The summed E-state index contributed by atoms with van der Waals surface area (Å²) in [7, 11) is 0. The zero-order chi connectivity index (χ0) is 22.9. The third-order valence-corrected chi connectivity index (χ3v) is 6.86. The van der Waals surface area contributed by atoms with E-state index >= 15 is 0 Å². The van der Waals surface area contributed by atoms with Crippen molar-refractivity contribution in [2.24, 2.45) is 17.8 Å². The van der Waals surface area contributed by atoms with Gasteiger partial charge in [-0.2, -0.15) is 0 Å². The van der Waals surface area contributed by atoms with E-state index in [1.807, 2.05) is 0 Å². The molecule has 0 aliphatic heterocycles. The van der Waals surface area contributed by atoms with Crippen LogP contribution in [0.25, 0.3) is 0 Å². The average Bonchev–Trinajstić information content (AvgIpc) is 2.74. The number of esters is 1. The summed E-state index contributed by atoms with van der Waals surface area (Å²) in [6, 6.07) is 0. The van der Waals surface area contributed by atoms with E-state index < -0.39 is 17.8 Å². The molecule has 0 aromatic rings. The largest absolute Gasteiger partial charge is 0.481 e. The first-order valence-corrected chi connectivity index (χ1v) is 13.4. The van der Waals surface area contributed by atoms with E-state index in [9.17, 15) is 14.7 Å². The molecule has 0 bridgehead atoms. The highest BCUT2D eigenvalue weighted by molar-refractivity contribution is 5.81. The van der Waals surface area contributed by atoms with Crippen molar-refractivity contribution in [3.05, 3.63) is 0 Å². The summed E-state index contributed by atoms with van der Waals surface area (Å²) in [5, 5.41) is 9.49. The number of unbranched alkanes of at least 4 members (excludes halogenated alkanes) is 9. The van der Waals surface area contributed by atoms with Crippen molar-refractivity contribution in [2.75, 3.05) is 0 Å². The SMILES string of the molecule is CCCCCCCCCCCCC(CCCC(C)C)OC(=O)C1CCCCC1C(=O)O. The molecule has 0 aromatic carbocycles. The predicted molar refractivity (Wildman–Crippen MR) is 128 cm³/mol. The summed E-state index contributed by atoms with van der Waals surface area (Å²) in [6.07, 6.45) is 20.1. The van der Waals surface area contributed by atoms with Crippen molar-refractivity contribution in [1.29, 1.82) is 0 Å². The minimum atomic E-state index is -0.840. The van der Waals surface area contributed by atoms with E-state index in [1.165, 1.54) is 57.8 Å². The molecule has 4 heteroatoms. The van der Waals surface area contributed by atoms with E-state index in [4.69, 9.17) is 4.74 Å². The lowest BCUT2D eigenvalue weighted by Crippen LogP contribution is -2.35. The van der Waals surface area contributed by atoms with Crippen LogP contribution in [0.2, 0.25) is 0 Å². The van der Waals surface area contributed by atoms with E-state index in [0.29, 0.717) is 18.8 Å². The molecule has 0 spiro atoms. The van der Waals surface area contributed by atoms with Crippen LogP contribution < -0.4 is 0 Å². The molecule has 0 heterocycles. The Morgan fingerprint density at radius 3 is 1.84 bits per heavy atom. The highest BCUT2D eigenvalue weighted by atomic mass is 16.5. The smallest absolute Gasteiger partial charge is 0.310 e. The Hall–Kier alpha value is -1.06. The first-order chi connectivity index (χ1) is 15.0. The fourth-order valence-corrected chi connectivity index (χ4v) is 4.84. The summed E-state index contributed by atoms with van der Waals surface area (Å²) in [6.45, 7) is 6.71. The van der Waals surface area contributed by atoms with Gasteiger partial charge in [-0.1, -0.05) is 97.8 Å². The molecule has 1 aliphatic rings. The average molecular weight is 439 g/mol. The van der Waals surface area contributed by atoms with Crippen molar-refractivity contribution in [2.45, 2.75) is 142 Å². The van der Waals surface area contributed by atoms with Crippen molar-refractivity contribution in [3.63, 3.8) is 0 Å². The summed E-state index contributed by atoms with van der Waals surface area (Å²) in [5.41, 5.74) is 0. The summed E-state index contributed by atoms with van der Waals surface area (Å²) < 4.78 is 5.93. The van der Waals surface area contributed by atoms with Gasteiger partial charge in [0.25, 0.3) is 0 Å². The second-order valence-electron chi connectivity index (χ2n) is 10.2. The maximum absolute atomic E-state index is 12.8. The summed E-state index contributed by atoms with van der Waals surface area (Å²) in [4.78, 5) is 24.4. The maximum atomic E-state index is 12.8. The van der Waals surface area contributed by atoms with Gasteiger partial charge in [0.15, 0.2) is 0 Å². The van der Waals surface area contributed by atoms with Gasteiger partial charge >= 0.3 is 11.9 Å². The molecular weight excluding hydrogens is 388 g/mol. The van der Waals surface area contributed by atoms with Crippen LogP contribution in [0.5, 0.6) is 0 Å². The molecule has 0 saturated heterocycles. The zero-order valence-corrected chi connectivity index (χ0v) is 20.7. The molecule has 4 nitrogen and oxygen atoms in total. The van der Waals surface area contributed by atoms with Gasteiger partial charge in [0, 0.05) is 0 Å². The van der Waals surface area contributed by atoms with Gasteiger partial charge in [-0.3, -0.25) is 9.59 Å². The predicted octanol–water partition coefficient (Wildman–Crippen LogP) is 7.93. The van der Waals surface area contributed by atoms with E-state index in [-0.39, 0.29) is 12.1 Å². The normalized spacial score (nSPS) is 20.0. The topological polar surface area (TPSA) is 63.6 Å². The first kappa shape index (κ1) is 28.0. The minimum absolute atomic E-state index is 0.0448. The number of hydrogen-bond donors (Lipinski definition) is 1. The van der Waals surface area contributed by atoms with Crippen LogP contribution in [0.1, 0.15) is 136 Å². The Balaban J connectivity index is 2.36. The van der Waals surface area contributed by atoms with E-state index in [0.717, 1.165) is 44.9 Å². The molecule has 1 aliphatic carbocycles. The van der Waals surface area contributed by atoms with Crippen LogP contribution in [0.15, 0.2) is 0 Å². The van der Waals surface area contributed by atoms with Crippen LogP contribution in [0, 0.1) is 17.8 Å². The quantitative estimate of drug-likeness (QED) is 0.174. The van der Waals surface area contributed by atoms with Gasteiger partial charge in [0.1, 0.15) is 6.10 Å². The highest BCUT2D eigenvalue weighted by Crippen LogP contribution is 2.32. The van der Waals surface area contributed by atoms with E-state index in [2.05, 4.69) is 20.8 Å². The van der Waals surface area contributed by atoms with Crippen molar-refractivity contribution >= 4 is 11.9 Å². The van der Waals surface area contributed by atoms with Crippen LogP contribution >= 0.6 is 0 Å². The second-order valence-corrected chi connectivity index (χ2v) is 10.2. The molecular formula is C27H50O4. The Morgan fingerprint density at radius 2 is 1.29 bits per heavy atom. The molecule has 1 N–H and O–H groups in total. The Kier molecular flexibility index (Phi) is 15.8. The third-order valence-electron chi connectivity index (χ3n) is 6.86. The lowest BCUT2D eigenvalue weighted by Gasteiger charge is -2.29. The summed E-state index contributed by atoms with van der Waals surface area (Å²) >= 11 is 0. The molecule has 1 fully saturated rings. The standard InChI is InChI=1S/C27H50O4/c1-4-5-6-7-8-9-10-11-12-13-18-23(19-16-17-22(2)3)31-27(30)25-21-15-14-20-24(25)26(28)29/h22-25H,4-21H2,1-3H3,(H,28,29). The monoisotopic (exact) mass is 438 g/mol. The fraction of sp³-hybridized carbons (Fsp3) is 0.926. The number of carboxylic acids is 1. The number of aliphatic carboxylic acids is 1. The van der Waals surface area contributed by atoms with Crippen molar-refractivity contribution in [3.8, 4) is 0 Å². The van der Waals surface area contributed by atoms with Gasteiger partial charge < -0.3 is 9.84 Å². The molecule has 31 heavy (non-hydrogen) atoms. The van der Waals surface area contributed by atoms with Crippen LogP contribution in [-0.4, -0.2) is 23.1 Å². The number of hydrogen-bond acceptors (Lipinski definition) is 3. The maximum Gasteiger partial charge on any atom is 0.310 e. The molecule has 0 aromatic heterocycles. The van der Waals surface area contributed by atoms with Crippen molar-refractivity contribution in [1.82, 2.24) is 0 Å². The number of carbonyl (C=O) groups excluding carboxylic acids is 1. The second kappa shape index (κ2) is 17.5. The zero-order valence-electron chi connectivity index (χ0n) is 20.7. The van der Waals surface area contributed by atoms with Gasteiger partial charge in [-0.05, 0) is 44.4 Å². The number of carboxylic acid groups (broad SMARTS) is 1. The van der Waals surface area contributed by atoms with Crippen LogP contribution in [0.4, 0.5) is 0 Å². The molecule has 1 saturated carbocycles. The number of carbonyl (C=O) groups is 2. The lowest BCUT2D eigenvalue weighted by molar-refractivity contribution is -0.164. The van der Waals surface area contributed by atoms with E-state index in [1.54, 1.807) is 0 Å². The lowest BCUT2D eigenvalue weighted by atomic mass is 9.79. The molecule has 182 valence electrons. The highest BCUT2D eigenvalue weighted by Gasteiger charge is 2.37. The molecule has 3 atom stereocenters.